The van der Waals surface area contributed by atoms with E-state index in [1.807, 2.05) is 0 Å². The number of hydrogen-bond acceptors (Lipinski definition) is 5. The third-order valence-corrected chi connectivity index (χ3v) is 3.17. The highest BCUT2D eigenvalue weighted by Crippen LogP contribution is 2.16. The minimum absolute atomic E-state index is 0.124. The van der Waals surface area contributed by atoms with Crippen LogP contribution in [-0.2, 0) is 4.79 Å². The maximum atomic E-state index is 12.0. The summed E-state index contributed by atoms with van der Waals surface area (Å²) in [6, 6.07) is 8.70. The number of carbonyl (C=O) groups is 2. The van der Waals surface area contributed by atoms with Gasteiger partial charge in [0, 0.05) is 31.0 Å². The van der Waals surface area contributed by atoms with Gasteiger partial charge >= 0.3 is 0 Å². The number of nitrogens with one attached hydrogen (secondary N) is 3. The molecule has 0 aliphatic heterocycles. The number of benzene rings is 1. The molecular weight excluding hydrogens is 306 g/mol. The van der Waals surface area contributed by atoms with Gasteiger partial charge in [0.2, 0.25) is 11.9 Å². The van der Waals surface area contributed by atoms with Crippen molar-refractivity contribution >= 4 is 29.1 Å². The molecule has 3 N–H and O–H groups in total. The van der Waals surface area contributed by atoms with Crippen LogP contribution in [-0.4, -0.2) is 28.3 Å². The van der Waals surface area contributed by atoms with Crippen LogP contribution in [0.5, 0.6) is 0 Å². The molecule has 126 valence electrons. The molecular formula is C17H21N5O2. The third kappa shape index (κ3) is 5.35. The van der Waals surface area contributed by atoms with Crippen molar-refractivity contribution in [1.29, 1.82) is 0 Å². The van der Waals surface area contributed by atoms with E-state index in [-0.39, 0.29) is 11.8 Å². The Morgan fingerprint density at radius 3 is 2.46 bits per heavy atom. The van der Waals surface area contributed by atoms with Crippen LogP contribution < -0.4 is 16.0 Å². The monoisotopic (exact) mass is 327 g/mol. The molecule has 1 aromatic carbocycles. The molecule has 0 saturated carbocycles. The highest BCUT2D eigenvalue weighted by atomic mass is 16.2. The minimum Gasteiger partial charge on any atom is -0.351 e. The number of aromatic nitrogens is 2. The van der Waals surface area contributed by atoms with E-state index >= 15 is 0 Å². The second-order valence-electron chi connectivity index (χ2n) is 5.26. The fraction of sp³-hybridized carbons (Fsp3) is 0.294. The molecule has 0 saturated heterocycles. The molecule has 7 heteroatoms. The van der Waals surface area contributed by atoms with Crippen molar-refractivity contribution in [1.82, 2.24) is 15.3 Å². The summed E-state index contributed by atoms with van der Waals surface area (Å²) in [6.45, 7) is 4.15. The molecule has 0 fully saturated rings. The average molecular weight is 327 g/mol. The lowest BCUT2D eigenvalue weighted by Gasteiger charge is -2.08. The van der Waals surface area contributed by atoms with Gasteiger partial charge in [-0.3, -0.25) is 9.59 Å². The lowest BCUT2D eigenvalue weighted by molar-refractivity contribution is -0.114. The van der Waals surface area contributed by atoms with Crippen molar-refractivity contribution in [3.8, 4) is 0 Å². The maximum absolute atomic E-state index is 12.0. The van der Waals surface area contributed by atoms with Gasteiger partial charge < -0.3 is 16.0 Å². The van der Waals surface area contributed by atoms with E-state index in [2.05, 4.69) is 32.8 Å². The molecule has 1 aromatic heterocycles. The van der Waals surface area contributed by atoms with Gasteiger partial charge in [0.05, 0.1) is 0 Å². The fourth-order valence-electron chi connectivity index (χ4n) is 1.98. The van der Waals surface area contributed by atoms with Crippen LogP contribution in [0.1, 0.15) is 37.2 Å². The summed E-state index contributed by atoms with van der Waals surface area (Å²) in [5.74, 6) is 0.00107. The molecule has 24 heavy (non-hydrogen) atoms. The molecule has 0 aliphatic carbocycles. The van der Waals surface area contributed by atoms with E-state index in [9.17, 15) is 9.59 Å². The summed E-state index contributed by atoms with van der Waals surface area (Å²) < 4.78 is 0. The van der Waals surface area contributed by atoms with E-state index < -0.39 is 0 Å². The maximum Gasteiger partial charge on any atom is 0.270 e. The van der Waals surface area contributed by atoms with Crippen LogP contribution in [0.25, 0.3) is 0 Å². The van der Waals surface area contributed by atoms with Gasteiger partial charge in [0.25, 0.3) is 5.91 Å². The van der Waals surface area contributed by atoms with Gasteiger partial charge in [-0.1, -0.05) is 13.3 Å². The van der Waals surface area contributed by atoms with Gasteiger partial charge in [0.1, 0.15) is 5.69 Å². The standard InChI is InChI=1S/C17H21N5O2/c1-3-4-10-18-16(24)15-9-11-19-17(22-15)21-14-7-5-13(6-8-14)20-12(2)23/h5-9,11H,3-4,10H2,1-2H3,(H,18,24)(H,20,23)(H,19,21,22). The summed E-state index contributed by atoms with van der Waals surface area (Å²) in [7, 11) is 0. The molecule has 0 atom stereocenters. The molecule has 0 bridgehead atoms. The zero-order valence-electron chi connectivity index (χ0n) is 13.8. The van der Waals surface area contributed by atoms with E-state index in [1.165, 1.54) is 13.1 Å². The molecule has 1 heterocycles. The van der Waals surface area contributed by atoms with Crippen LogP contribution in [0.15, 0.2) is 36.5 Å². The van der Waals surface area contributed by atoms with Crippen molar-refractivity contribution in [2.24, 2.45) is 0 Å². The smallest absolute Gasteiger partial charge is 0.270 e. The first-order valence-electron chi connectivity index (χ1n) is 7.84. The first-order valence-corrected chi connectivity index (χ1v) is 7.84. The first-order chi connectivity index (χ1) is 11.6. The van der Waals surface area contributed by atoms with Crippen LogP contribution in [0.2, 0.25) is 0 Å². The van der Waals surface area contributed by atoms with Gasteiger partial charge in [-0.25, -0.2) is 9.97 Å². The molecule has 2 amide bonds. The van der Waals surface area contributed by atoms with Gasteiger partial charge in [-0.2, -0.15) is 0 Å². The zero-order chi connectivity index (χ0) is 17.4. The van der Waals surface area contributed by atoms with E-state index in [0.717, 1.165) is 18.5 Å². The zero-order valence-corrected chi connectivity index (χ0v) is 13.8. The first kappa shape index (κ1) is 17.4. The minimum atomic E-state index is -0.213. The van der Waals surface area contributed by atoms with E-state index in [1.54, 1.807) is 30.3 Å². The highest BCUT2D eigenvalue weighted by molar-refractivity contribution is 5.92. The van der Waals surface area contributed by atoms with Crippen LogP contribution >= 0.6 is 0 Å². The van der Waals surface area contributed by atoms with Gasteiger partial charge in [0.15, 0.2) is 0 Å². The Hall–Kier alpha value is -2.96. The average Bonchev–Trinajstić information content (AvgIpc) is 2.56. The molecule has 2 rings (SSSR count). The van der Waals surface area contributed by atoms with Crippen molar-refractivity contribution in [2.45, 2.75) is 26.7 Å². The van der Waals surface area contributed by atoms with E-state index in [0.29, 0.717) is 23.9 Å². The van der Waals surface area contributed by atoms with Gasteiger partial charge in [-0.15, -0.1) is 0 Å². The van der Waals surface area contributed by atoms with E-state index in [4.69, 9.17) is 0 Å². The number of rotatable bonds is 7. The summed E-state index contributed by atoms with van der Waals surface area (Å²) in [5, 5.41) is 8.54. The number of nitrogens with zero attached hydrogens (tertiary/aromatic N) is 2. The Morgan fingerprint density at radius 2 is 1.79 bits per heavy atom. The lowest BCUT2D eigenvalue weighted by Crippen LogP contribution is -2.25. The van der Waals surface area contributed by atoms with Crippen LogP contribution in [0.3, 0.4) is 0 Å². The molecule has 0 unspecified atom stereocenters. The normalized spacial score (nSPS) is 10.1. The second-order valence-corrected chi connectivity index (χ2v) is 5.26. The predicted molar refractivity (Wildman–Crippen MR) is 93.3 cm³/mol. The van der Waals surface area contributed by atoms with Crippen LogP contribution in [0, 0.1) is 0 Å². The summed E-state index contributed by atoms with van der Waals surface area (Å²) in [6.07, 6.45) is 3.49. The molecule has 0 spiro atoms. The van der Waals surface area contributed by atoms with Crippen molar-refractivity contribution in [3.05, 3.63) is 42.2 Å². The van der Waals surface area contributed by atoms with Crippen molar-refractivity contribution in [3.63, 3.8) is 0 Å². The molecule has 7 nitrogen and oxygen atoms in total. The molecule has 0 radical (unpaired) electrons. The van der Waals surface area contributed by atoms with Gasteiger partial charge in [-0.05, 0) is 36.8 Å². The Balaban J connectivity index is 2.01. The molecule has 2 aromatic rings. The Morgan fingerprint density at radius 1 is 1.08 bits per heavy atom. The SMILES string of the molecule is CCCCNC(=O)c1ccnc(Nc2ccc(NC(C)=O)cc2)n1. The summed E-state index contributed by atoms with van der Waals surface area (Å²) in [5.41, 5.74) is 1.78. The Kier molecular flexibility index (Phi) is 6.24. The Labute approximate surface area is 140 Å². The third-order valence-electron chi connectivity index (χ3n) is 3.17. The van der Waals surface area contributed by atoms with Crippen molar-refractivity contribution < 1.29 is 9.59 Å². The second kappa shape index (κ2) is 8.61. The predicted octanol–water partition coefficient (Wildman–Crippen LogP) is 2.71. The number of anilines is 3. The lowest BCUT2D eigenvalue weighted by atomic mass is 10.3. The Bertz CT molecular complexity index is 700. The quantitative estimate of drug-likeness (QED) is 0.680. The topological polar surface area (TPSA) is 96.0 Å². The van der Waals surface area contributed by atoms with Crippen molar-refractivity contribution in [2.75, 3.05) is 17.2 Å². The number of carbonyl (C=O) groups excluding carboxylic acids is 2. The fourth-order valence-corrected chi connectivity index (χ4v) is 1.98. The summed E-state index contributed by atoms with van der Waals surface area (Å²) in [4.78, 5) is 31.3. The summed E-state index contributed by atoms with van der Waals surface area (Å²) >= 11 is 0. The number of amides is 2. The largest absolute Gasteiger partial charge is 0.351 e. The number of hydrogen-bond donors (Lipinski definition) is 3. The number of unbranched alkanes of at least 4 members (excludes halogenated alkanes) is 1. The molecule has 0 aliphatic rings. The van der Waals surface area contributed by atoms with Crippen LogP contribution in [0.4, 0.5) is 17.3 Å². The highest BCUT2D eigenvalue weighted by Gasteiger charge is 2.08.